The summed E-state index contributed by atoms with van der Waals surface area (Å²) in [6.07, 6.45) is 0.473. The van der Waals surface area contributed by atoms with Gasteiger partial charge in [-0.2, -0.15) is 4.80 Å². The van der Waals surface area contributed by atoms with Gasteiger partial charge in [-0.1, -0.05) is 23.7 Å². The number of aromatic nitrogens is 4. The van der Waals surface area contributed by atoms with E-state index in [1.54, 1.807) is 29.2 Å². The van der Waals surface area contributed by atoms with Crippen molar-refractivity contribution in [3.05, 3.63) is 29.3 Å². The molecule has 134 valence electrons. The zero-order chi connectivity index (χ0) is 18.0. The van der Waals surface area contributed by atoms with Crippen molar-refractivity contribution >= 4 is 27.3 Å². The first-order chi connectivity index (χ1) is 11.9. The number of hydrogen-bond acceptors (Lipinski definition) is 6. The second-order valence-corrected chi connectivity index (χ2v) is 8.56. The van der Waals surface area contributed by atoms with E-state index in [9.17, 15) is 13.2 Å². The van der Waals surface area contributed by atoms with Gasteiger partial charge in [-0.05, 0) is 30.7 Å². The first-order valence-electron chi connectivity index (χ1n) is 7.91. The SMILES string of the molecule is CCN(C(=O)Cn1nnc(-c2cccc(Cl)c2)n1)[C@H]1CCS(=O)(=O)C1. The molecule has 2 heterocycles. The third-order valence-electron chi connectivity index (χ3n) is 4.12. The molecule has 0 saturated carbocycles. The van der Waals surface area contributed by atoms with E-state index in [4.69, 9.17) is 11.6 Å². The normalized spacial score (nSPS) is 19.0. The van der Waals surface area contributed by atoms with Gasteiger partial charge < -0.3 is 4.90 Å². The zero-order valence-corrected chi connectivity index (χ0v) is 15.2. The molecule has 8 nitrogen and oxygen atoms in total. The Labute approximate surface area is 150 Å². The summed E-state index contributed by atoms with van der Waals surface area (Å²) in [5, 5.41) is 12.6. The zero-order valence-electron chi connectivity index (χ0n) is 13.7. The smallest absolute Gasteiger partial charge is 0.246 e. The molecule has 25 heavy (non-hydrogen) atoms. The van der Waals surface area contributed by atoms with Gasteiger partial charge in [0.25, 0.3) is 0 Å². The highest BCUT2D eigenvalue weighted by molar-refractivity contribution is 7.91. The molecule has 1 amide bonds. The van der Waals surface area contributed by atoms with Gasteiger partial charge in [-0.25, -0.2) is 8.42 Å². The molecule has 1 saturated heterocycles. The highest BCUT2D eigenvalue weighted by Gasteiger charge is 2.34. The van der Waals surface area contributed by atoms with Crippen molar-refractivity contribution in [2.75, 3.05) is 18.1 Å². The van der Waals surface area contributed by atoms with E-state index in [1.807, 2.05) is 6.92 Å². The van der Waals surface area contributed by atoms with Crippen LogP contribution in [0.4, 0.5) is 0 Å². The van der Waals surface area contributed by atoms with E-state index >= 15 is 0 Å². The molecular weight excluding hydrogens is 366 g/mol. The van der Waals surface area contributed by atoms with Gasteiger partial charge >= 0.3 is 0 Å². The number of carbonyl (C=O) groups excluding carboxylic acids is 1. The standard InChI is InChI=1S/C15H18ClN5O3S/c1-2-20(13-6-7-25(23,24)10-13)14(22)9-21-18-15(17-19-21)11-4-3-5-12(16)8-11/h3-5,8,13H,2,6-7,9-10H2,1H3/t13-/m0/s1. The molecule has 1 aromatic heterocycles. The Bertz CT molecular complexity index is 883. The monoisotopic (exact) mass is 383 g/mol. The molecule has 1 fully saturated rings. The van der Waals surface area contributed by atoms with Gasteiger partial charge in [0.15, 0.2) is 9.84 Å². The number of likely N-dealkylation sites (N-methyl/N-ethyl adjacent to an activating group) is 1. The molecule has 3 rings (SSSR count). The van der Waals surface area contributed by atoms with Gasteiger partial charge in [-0.15, -0.1) is 10.2 Å². The minimum absolute atomic E-state index is 0.0190. The van der Waals surface area contributed by atoms with Gasteiger partial charge in [0, 0.05) is 23.2 Å². The second kappa shape index (κ2) is 7.09. The fraction of sp³-hybridized carbons (Fsp3) is 0.467. The highest BCUT2D eigenvalue weighted by Crippen LogP contribution is 2.19. The maximum atomic E-state index is 12.5. The lowest BCUT2D eigenvalue weighted by atomic mass is 10.2. The van der Waals surface area contributed by atoms with Crippen molar-refractivity contribution in [3.8, 4) is 11.4 Å². The maximum absolute atomic E-state index is 12.5. The fourth-order valence-electron chi connectivity index (χ4n) is 2.92. The van der Waals surface area contributed by atoms with Crippen LogP contribution in [0.25, 0.3) is 11.4 Å². The number of benzene rings is 1. The number of amides is 1. The molecule has 1 aromatic carbocycles. The number of nitrogens with zero attached hydrogens (tertiary/aromatic N) is 5. The second-order valence-electron chi connectivity index (χ2n) is 5.89. The van der Waals surface area contributed by atoms with E-state index in [-0.39, 0.29) is 30.0 Å². The van der Waals surface area contributed by atoms with Crippen LogP contribution in [0.2, 0.25) is 5.02 Å². The lowest BCUT2D eigenvalue weighted by Crippen LogP contribution is -2.42. The number of rotatable bonds is 5. The summed E-state index contributed by atoms with van der Waals surface area (Å²) in [7, 11) is -3.05. The molecule has 2 aromatic rings. The summed E-state index contributed by atoms with van der Waals surface area (Å²) in [5.41, 5.74) is 0.709. The number of halogens is 1. The molecule has 0 radical (unpaired) electrons. The summed E-state index contributed by atoms with van der Waals surface area (Å²) in [6.45, 7) is 2.18. The largest absolute Gasteiger partial charge is 0.337 e. The Hall–Kier alpha value is -2.00. The van der Waals surface area contributed by atoms with Crippen molar-refractivity contribution in [3.63, 3.8) is 0 Å². The first-order valence-corrected chi connectivity index (χ1v) is 10.1. The molecule has 1 aliphatic rings. The Balaban J connectivity index is 1.70. The third-order valence-corrected chi connectivity index (χ3v) is 6.11. The molecule has 0 aliphatic carbocycles. The van der Waals surface area contributed by atoms with Crippen molar-refractivity contribution in [1.82, 2.24) is 25.1 Å². The Morgan fingerprint density at radius 2 is 2.24 bits per heavy atom. The molecule has 0 spiro atoms. The van der Waals surface area contributed by atoms with Crippen LogP contribution in [0.5, 0.6) is 0 Å². The van der Waals surface area contributed by atoms with Crippen LogP contribution in [-0.4, -0.2) is 63.5 Å². The number of tetrazole rings is 1. The third kappa shape index (κ3) is 4.16. The van der Waals surface area contributed by atoms with E-state index in [2.05, 4.69) is 15.4 Å². The average Bonchev–Trinajstić information content (AvgIpc) is 3.15. The van der Waals surface area contributed by atoms with Crippen LogP contribution in [-0.2, 0) is 21.2 Å². The van der Waals surface area contributed by atoms with Crippen LogP contribution in [0.1, 0.15) is 13.3 Å². The predicted molar refractivity (Wildman–Crippen MR) is 92.7 cm³/mol. The van der Waals surface area contributed by atoms with Gasteiger partial charge in [0.2, 0.25) is 11.7 Å². The number of sulfone groups is 1. The Kier molecular flexibility index (Phi) is 5.05. The summed E-state index contributed by atoms with van der Waals surface area (Å²) in [5.74, 6) is 0.300. The van der Waals surface area contributed by atoms with Gasteiger partial charge in [0.05, 0.1) is 11.5 Å². The molecule has 1 atom stereocenters. The number of carbonyl (C=O) groups is 1. The van der Waals surface area contributed by atoms with Crippen LogP contribution in [0.15, 0.2) is 24.3 Å². The van der Waals surface area contributed by atoms with E-state index in [0.717, 1.165) is 0 Å². The lowest BCUT2D eigenvalue weighted by molar-refractivity contribution is -0.133. The summed E-state index contributed by atoms with van der Waals surface area (Å²) >= 11 is 5.95. The molecule has 1 aliphatic heterocycles. The van der Waals surface area contributed by atoms with Gasteiger partial charge in [-0.3, -0.25) is 4.79 Å². The highest BCUT2D eigenvalue weighted by atomic mass is 35.5. The van der Waals surface area contributed by atoms with Crippen LogP contribution >= 0.6 is 11.6 Å². The summed E-state index contributed by atoms with van der Waals surface area (Å²) in [6, 6.07) is 6.76. The summed E-state index contributed by atoms with van der Waals surface area (Å²) in [4.78, 5) is 15.3. The lowest BCUT2D eigenvalue weighted by Gasteiger charge is -2.26. The van der Waals surface area contributed by atoms with Gasteiger partial charge in [0.1, 0.15) is 6.54 Å². The van der Waals surface area contributed by atoms with Crippen molar-refractivity contribution in [2.45, 2.75) is 25.9 Å². The Morgan fingerprint density at radius 3 is 2.88 bits per heavy atom. The van der Waals surface area contributed by atoms with Crippen molar-refractivity contribution in [1.29, 1.82) is 0 Å². The van der Waals surface area contributed by atoms with E-state index in [1.165, 1.54) is 4.80 Å². The van der Waals surface area contributed by atoms with E-state index in [0.29, 0.717) is 29.4 Å². The minimum atomic E-state index is -3.05. The molecule has 10 heteroatoms. The van der Waals surface area contributed by atoms with Crippen LogP contribution in [0, 0.1) is 0 Å². The molecule has 0 unspecified atom stereocenters. The Morgan fingerprint density at radius 1 is 1.44 bits per heavy atom. The summed E-state index contributed by atoms with van der Waals surface area (Å²) < 4.78 is 23.3. The molecule has 0 bridgehead atoms. The predicted octanol–water partition coefficient (Wildman–Crippen LogP) is 1.03. The quantitative estimate of drug-likeness (QED) is 0.764. The van der Waals surface area contributed by atoms with Crippen LogP contribution in [0.3, 0.4) is 0 Å². The van der Waals surface area contributed by atoms with Crippen molar-refractivity contribution in [2.24, 2.45) is 0 Å². The fourth-order valence-corrected chi connectivity index (χ4v) is 4.85. The van der Waals surface area contributed by atoms with E-state index < -0.39 is 9.84 Å². The maximum Gasteiger partial charge on any atom is 0.246 e. The first kappa shape index (κ1) is 17.8. The minimum Gasteiger partial charge on any atom is -0.337 e. The topological polar surface area (TPSA) is 98.1 Å². The average molecular weight is 384 g/mol. The molecule has 0 N–H and O–H groups in total. The number of hydrogen-bond donors (Lipinski definition) is 0. The van der Waals surface area contributed by atoms with Crippen molar-refractivity contribution < 1.29 is 13.2 Å². The molecular formula is C15H18ClN5O3S. The van der Waals surface area contributed by atoms with Crippen LogP contribution < -0.4 is 0 Å².